The first-order chi connectivity index (χ1) is 29.2. The molecule has 11 rings (SSSR count). The van der Waals surface area contributed by atoms with Gasteiger partial charge in [0.25, 0.3) is 0 Å². The van der Waals surface area contributed by atoms with Crippen LogP contribution in [0.1, 0.15) is 0 Å². The van der Waals surface area contributed by atoms with E-state index in [9.17, 15) is 0 Å². The second kappa shape index (κ2) is 14.5. The number of rotatable bonds is 7. The molecule has 2 aromatic heterocycles. The second-order valence-electron chi connectivity index (χ2n) is 14.8. The van der Waals surface area contributed by atoms with Gasteiger partial charge in [0.15, 0.2) is 17.5 Å². The molecule has 0 atom stereocenters. The lowest BCUT2D eigenvalue weighted by atomic mass is 9.90. The first kappa shape index (κ1) is 34.3. The highest BCUT2D eigenvalue weighted by atomic mass is 16.3. The van der Waals surface area contributed by atoms with Gasteiger partial charge in [-0.1, -0.05) is 188 Å². The standard InChI is InChI=1S/C55H35N3O/c1-4-15-37(16-5-1)44-23-10-11-24-45(44)48-35-50-49-34-43(31-32-51(49)59-52(50)47-26-13-12-25-46(47)48)42-22-14-21-41(33-42)36-27-29-40(30-28-36)55-57-53(38-17-6-2-7-18-38)56-54(58-55)39-19-8-3-9-20-39/h1-35H. The van der Waals surface area contributed by atoms with Gasteiger partial charge in [-0.2, -0.15) is 0 Å². The highest BCUT2D eigenvalue weighted by molar-refractivity contribution is 6.20. The highest BCUT2D eigenvalue weighted by Crippen LogP contribution is 2.43. The minimum absolute atomic E-state index is 0.637. The lowest BCUT2D eigenvalue weighted by Gasteiger charge is -2.13. The quantitative estimate of drug-likeness (QED) is 0.163. The lowest BCUT2D eigenvalue weighted by Crippen LogP contribution is -2.00. The molecular formula is C55H35N3O. The first-order valence-electron chi connectivity index (χ1n) is 19.8. The maximum absolute atomic E-state index is 6.65. The summed E-state index contributed by atoms with van der Waals surface area (Å²) in [5.74, 6) is 1.93. The van der Waals surface area contributed by atoms with Crippen molar-refractivity contribution < 1.29 is 4.42 Å². The number of hydrogen-bond acceptors (Lipinski definition) is 4. The Bertz CT molecular complexity index is 3240. The number of nitrogens with zero attached hydrogens (tertiary/aromatic N) is 3. The topological polar surface area (TPSA) is 51.8 Å². The van der Waals surface area contributed by atoms with E-state index in [1.54, 1.807) is 0 Å². The second-order valence-corrected chi connectivity index (χ2v) is 14.8. The molecule has 0 fully saturated rings. The van der Waals surface area contributed by atoms with Gasteiger partial charge in [-0.3, -0.25) is 0 Å². The summed E-state index contributed by atoms with van der Waals surface area (Å²) in [6, 6.07) is 74.2. The Morgan fingerprint density at radius 2 is 0.712 bits per heavy atom. The van der Waals surface area contributed by atoms with Gasteiger partial charge in [0.1, 0.15) is 11.2 Å². The van der Waals surface area contributed by atoms with E-state index in [1.165, 1.54) is 27.6 Å². The van der Waals surface area contributed by atoms with Gasteiger partial charge >= 0.3 is 0 Å². The fourth-order valence-electron chi connectivity index (χ4n) is 8.22. The zero-order valence-corrected chi connectivity index (χ0v) is 32.0. The monoisotopic (exact) mass is 753 g/mol. The van der Waals surface area contributed by atoms with Gasteiger partial charge in [-0.15, -0.1) is 0 Å². The molecule has 0 saturated heterocycles. The summed E-state index contributed by atoms with van der Waals surface area (Å²) in [7, 11) is 0. The van der Waals surface area contributed by atoms with E-state index >= 15 is 0 Å². The Balaban J connectivity index is 0.970. The average Bonchev–Trinajstić information content (AvgIpc) is 3.70. The summed E-state index contributed by atoms with van der Waals surface area (Å²) in [5, 5.41) is 4.48. The fourth-order valence-corrected chi connectivity index (χ4v) is 8.22. The molecular weight excluding hydrogens is 719 g/mol. The molecule has 0 unspecified atom stereocenters. The normalized spacial score (nSPS) is 11.4. The van der Waals surface area contributed by atoms with Crippen LogP contribution in [0, 0.1) is 0 Å². The maximum Gasteiger partial charge on any atom is 0.164 e. The van der Waals surface area contributed by atoms with E-state index in [2.05, 4.69) is 152 Å². The molecule has 0 aliphatic carbocycles. The molecule has 0 spiro atoms. The molecule has 4 nitrogen and oxygen atoms in total. The van der Waals surface area contributed by atoms with Crippen molar-refractivity contribution in [2.24, 2.45) is 0 Å². The number of aromatic nitrogens is 3. The van der Waals surface area contributed by atoms with Crippen LogP contribution in [0.25, 0.3) is 111 Å². The largest absolute Gasteiger partial charge is 0.455 e. The van der Waals surface area contributed by atoms with E-state index in [0.29, 0.717) is 17.5 Å². The summed E-state index contributed by atoms with van der Waals surface area (Å²) in [6.45, 7) is 0. The van der Waals surface area contributed by atoms with E-state index in [4.69, 9.17) is 19.4 Å². The van der Waals surface area contributed by atoms with Crippen molar-refractivity contribution in [1.82, 2.24) is 15.0 Å². The summed E-state index contributed by atoms with van der Waals surface area (Å²) >= 11 is 0. The molecule has 4 heteroatoms. The van der Waals surface area contributed by atoms with Crippen LogP contribution < -0.4 is 0 Å². The van der Waals surface area contributed by atoms with E-state index < -0.39 is 0 Å². The first-order valence-corrected chi connectivity index (χ1v) is 19.8. The predicted octanol–water partition coefficient (Wildman–Crippen LogP) is 14.6. The third kappa shape index (κ3) is 6.34. The number of furan rings is 1. The summed E-state index contributed by atoms with van der Waals surface area (Å²) in [4.78, 5) is 14.7. The van der Waals surface area contributed by atoms with Crippen molar-refractivity contribution in [3.8, 4) is 78.7 Å². The SMILES string of the molecule is c1ccc(-c2nc(-c3ccccc3)nc(-c3ccc(-c4cccc(-c5ccc6oc7c8ccccc8c(-c8ccccc8-c8ccccc8)cc7c6c5)c4)cc3)n2)cc1. The van der Waals surface area contributed by atoms with Crippen molar-refractivity contribution in [3.63, 3.8) is 0 Å². The number of benzene rings is 9. The molecule has 0 radical (unpaired) electrons. The van der Waals surface area contributed by atoms with Crippen molar-refractivity contribution in [3.05, 3.63) is 212 Å². The summed E-state index contributed by atoms with van der Waals surface area (Å²) in [5.41, 5.74) is 13.9. The number of fused-ring (bicyclic) bond motifs is 5. The lowest BCUT2D eigenvalue weighted by molar-refractivity contribution is 0.673. The van der Waals surface area contributed by atoms with Crippen molar-refractivity contribution in [2.75, 3.05) is 0 Å². The van der Waals surface area contributed by atoms with Gasteiger partial charge in [0.2, 0.25) is 0 Å². The van der Waals surface area contributed by atoms with Crippen LogP contribution in [0.2, 0.25) is 0 Å². The van der Waals surface area contributed by atoms with Crippen LogP contribution in [0.4, 0.5) is 0 Å². The third-order valence-electron chi connectivity index (χ3n) is 11.2. The molecule has 0 amide bonds. The number of hydrogen-bond donors (Lipinski definition) is 0. The average molecular weight is 754 g/mol. The Hall–Kier alpha value is -7.95. The minimum atomic E-state index is 0.637. The van der Waals surface area contributed by atoms with Gasteiger partial charge in [-0.25, -0.2) is 15.0 Å². The van der Waals surface area contributed by atoms with E-state index in [-0.39, 0.29) is 0 Å². The van der Waals surface area contributed by atoms with E-state index in [0.717, 1.165) is 66.3 Å². The van der Waals surface area contributed by atoms with Crippen molar-refractivity contribution >= 4 is 32.7 Å². The molecule has 2 heterocycles. The molecule has 9 aromatic carbocycles. The predicted molar refractivity (Wildman–Crippen MR) is 243 cm³/mol. The molecule has 0 N–H and O–H groups in total. The van der Waals surface area contributed by atoms with Gasteiger partial charge in [0.05, 0.1) is 0 Å². The Labute approximate surface area is 341 Å². The minimum Gasteiger partial charge on any atom is -0.455 e. The van der Waals surface area contributed by atoms with Crippen LogP contribution in [0.5, 0.6) is 0 Å². The van der Waals surface area contributed by atoms with E-state index in [1.807, 2.05) is 60.7 Å². The van der Waals surface area contributed by atoms with Crippen LogP contribution in [-0.2, 0) is 0 Å². The Morgan fingerprint density at radius 3 is 1.36 bits per heavy atom. The van der Waals surface area contributed by atoms with Gasteiger partial charge in [-0.05, 0) is 74.2 Å². The Morgan fingerprint density at radius 1 is 0.254 bits per heavy atom. The van der Waals surface area contributed by atoms with Crippen LogP contribution in [-0.4, -0.2) is 15.0 Å². The maximum atomic E-state index is 6.65. The molecule has 0 bridgehead atoms. The smallest absolute Gasteiger partial charge is 0.164 e. The molecule has 59 heavy (non-hydrogen) atoms. The molecule has 0 saturated carbocycles. The highest BCUT2D eigenvalue weighted by Gasteiger charge is 2.18. The zero-order valence-electron chi connectivity index (χ0n) is 32.0. The van der Waals surface area contributed by atoms with Crippen molar-refractivity contribution in [1.29, 1.82) is 0 Å². The molecule has 0 aliphatic heterocycles. The zero-order chi connectivity index (χ0) is 39.1. The fraction of sp³-hybridized carbons (Fsp3) is 0. The molecule has 11 aromatic rings. The van der Waals surface area contributed by atoms with Gasteiger partial charge in [0, 0.05) is 32.8 Å². The van der Waals surface area contributed by atoms with Gasteiger partial charge < -0.3 is 4.42 Å². The summed E-state index contributed by atoms with van der Waals surface area (Å²) in [6.07, 6.45) is 0. The third-order valence-corrected chi connectivity index (χ3v) is 11.2. The molecule has 0 aliphatic rings. The Kier molecular flexibility index (Phi) is 8.45. The summed E-state index contributed by atoms with van der Waals surface area (Å²) < 4.78 is 6.65. The molecule has 276 valence electrons. The van der Waals surface area contributed by atoms with Crippen LogP contribution in [0.15, 0.2) is 217 Å². The van der Waals surface area contributed by atoms with Crippen LogP contribution >= 0.6 is 0 Å². The van der Waals surface area contributed by atoms with Crippen LogP contribution in [0.3, 0.4) is 0 Å². The van der Waals surface area contributed by atoms with Crippen molar-refractivity contribution in [2.45, 2.75) is 0 Å².